The van der Waals surface area contributed by atoms with Crippen LogP contribution < -0.4 is 9.80 Å². The van der Waals surface area contributed by atoms with Crippen LogP contribution in [0.5, 0.6) is 0 Å². The summed E-state index contributed by atoms with van der Waals surface area (Å²) in [4.78, 5) is 28.5. The number of amides is 1. The van der Waals surface area contributed by atoms with Crippen molar-refractivity contribution in [2.75, 3.05) is 50.1 Å². The number of anilines is 2. The second-order valence-corrected chi connectivity index (χ2v) is 6.23. The summed E-state index contributed by atoms with van der Waals surface area (Å²) in [6.45, 7) is 2.45. The number of nitro groups is 1. The summed E-state index contributed by atoms with van der Waals surface area (Å²) in [5.41, 5.74) is 0.435. The van der Waals surface area contributed by atoms with Crippen LogP contribution in [0.15, 0.2) is 36.4 Å². The first-order valence-electron chi connectivity index (χ1n) is 8.25. The zero-order chi connectivity index (χ0) is 18.7. The van der Waals surface area contributed by atoms with Crippen LogP contribution in [-0.4, -0.2) is 66.2 Å². The molecule has 0 N–H and O–H groups in total. The highest BCUT2D eigenvalue weighted by atomic mass is 16.6. The van der Waals surface area contributed by atoms with E-state index in [2.05, 4.69) is 15.1 Å². The van der Waals surface area contributed by atoms with Crippen molar-refractivity contribution in [1.82, 2.24) is 15.1 Å². The van der Waals surface area contributed by atoms with E-state index in [4.69, 9.17) is 0 Å². The molecular weight excluding hydrogens is 336 g/mol. The van der Waals surface area contributed by atoms with Gasteiger partial charge in [0.15, 0.2) is 11.6 Å². The Hall–Kier alpha value is -3.23. The summed E-state index contributed by atoms with van der Waals surface area (Å²) in [6, 6.07) is 9.54. The van der Waals surface area contributed by atoms with Crippen LogP contribution in [0, 0.1) is 10.1 Å². The Balaban J connectivity index is 1.60. The molecular formula is C17H20N6O3. The van der Waals surface area contributed by atoms with Gasteiger partial charge in [0.2, 0.25) is 0 Å². The summed E-state index contributed by atoms with van der Waals surface area (Å²) in [6.07, 6.45) is 0. The smallest absolute Gasteiger partial charge is 0.269 e. The minimum absolute atomic E-state index is 0.0221. The number of hydrogen-bond acceptors (Lipinski definition) is 7. The molecule has 0 radical (unpaired) electrons. The lowest BCUT2D eigenvalue weighted by molar-refractivity contribution is -0.384. The van der Waals surface area contributed by atoms with Gasteiger partial charge in [-0.3, -0.25) is 14.9 Å². The number of non-ortho nitro benzene ring substituents is 1. The molecule has 0 bridgehead atoms. The SMILES string of the molecule is CN(C)c1ccc(N2CCN(C(=O)c3ccc([N+](=O)[O-])cc3)CC2)nn1. The maximum absolute atomic E-state index is 12.5. The zero-order valence-corrected chi connectivity index (χ0v) is 14.7. The standard InChI is InChI=1S/C17H20N6O3/c1-20(2)15-7-8-16(19-18-15)21-9-11-22(12-10-21)17(24)13-3-5-14(6-4-13)23(25)26/h3-8H,9-12H2,1-2H3. The summed E-state index contributed by atoms with van der Waals surface area (Å²) in [5, 5.41) is 19.1. The van der Waals surface area contributed by atoms with E-state index < -0.39 is 4.92 Å². The van der Waals surface area contributed by atoms with Crippen molar-refractivity contribution in [1.29, 1.82) is 0 Å². The second-order valence-electron chi connectivity index (χ2n) is 6.23. The maximum atomic E-state index is 12.5. The van der Waals surface area contributed by atoms with Crippen LogP contribution in [0.3, 0.4) is 0 Å². The monoisotopic (exact) mass is 356 g/mol. The minimum atomic E-state index is -0.477. The van der Waals surface area contributed by atoms with E-state index in [-0.39, 0.29) is 11.6 Å². The Morgan fingerprint density at radius 1 is 1.04 bits per heavy atom. The van der Waals surface area contributed by atoms with E-state index in [1.165, 1.54) is 24.3 Å². The van der Waals surface area contributed by atoms with Gasteiger partial charge in [-0.2, -0.15) is 0 Å². The van der Waals surface area contributed by atoms with E-state index in [9.17, 15) is 14.9 Å². The van der Waals surface area contributed by atoms with Gasteiger partial charge in [-0.15, -0.1) is 10.2 Å². The molecule has 0 spiro atoms. The Kier molecular flexibility index (Phi) is 4.97. The van der Waals surface area contributed by atoms with Gasteiger partial charge in [-0.1, -0.05) is 0 Å². The molecule has 0 unspecified atom stereocenters. The molecule has 1 saturated heterocycles. The molecule has 0 saturated carbocycles. The number of carbonyl (C=O) groups is 1. The lowest BCUT2D eigenvalue weighted by Crippen LogP contribution is -2.49. The van der Waals surface area contributed by atoms with Crippen molar-refractivity contribution < 1.29 is 9.72 Å². The van der Waals surface area contributed by atoms with Crippen molar-refractivity contribution >= 4 is 23.2 Å². The Labute approximate surface area is 151 Å². The van der Waals surface area contributed by atoms with Gasteiger partial charge in [0, 0.05) is 58.0 Å². The Morgan fingerprint density at radius 2 is 1.69 bits per heavy atom. The van der Waals surface area contributed by atoms with E-state index >= 15 is 0 Å². The zero-order valence-electron chi connectivity index (χ0n) is 14.7. The van der Waals surface area contributed by atoms with Crippen molar-refractivity contribution in [3.8, 4) is 0 Å². The van der Waals surface area contributed by atoms with Gasteiger partial charge in [0.1, 0.15) is 0 Å². The number of benzene rings is 1. The molecule has 1 amide bonds. The number of hydrogen-bond donors (Lipinski definition) is 0. The van der Waals surface area contributed by atoms with Gasteiger partial charge in [0.25, 0.3) is 11.6 Å². The Bertz CT molecular complexity index is 783. The molecule has 0 aliphatic carbocycles. The predicted octanol–water partition coefficient (Wildman–Crippen LogP) is 1.41. The van der Waals surface area contributed by atoms with Gasteiger partial charge < -0.3 is 14.7 Å². The fourth-order valence-electron chi connectivity index (χ4n) is 2.77. The molecule has 26 heavy (non-hydrogen) atoms. The molecule has 9 heteroatoms. The number of piperazine rings is 1. The van der Waals surface area contributed by atoms with E-state index in [0.717, 1.165) is 11.6 Å². The van der Waals surface area contributed by atoms with Crippen LogP contribution in [0.25, 0.3) is 0 Å². The summed E-state index contributed by atoms with van der Waals surface area (Å²) in [5.74, 6) is 1.47. The summed E-state index contributed by atoms with van der Waals surface area (Å²) >= 11 is 0. The third-order valence-corrected chi connectivity index (χ3v) is 4.31. The van der Waals surface area contributed by atoms with Gasteiger partial charge in [-0.05, 0) is 24.3 Å². The van der Waals surface area contributed by atoms with Crippen molar-refractivity contribution in [2.45, 2.75) is 0 Å². The number of nitrogens with zero attached hydrogens (tertiary/aromatic N) is 6. The van der Waals surface area contributed by atoms with Crippen molar-refractivity contribution in [3.05, 3.63) is 52.1 Å². The molecule has 1 fully saturated rings. The van der Waals surface area contributed by atoms with Crippen LogP contribution >= 0.6 is 0 Å². The van der Waals surface area contributed by atoms with Crippen LogP contribution in [0.1, 0.15) is 10.4 Å². The molecule has 2 heterocycles. The van der Waals surface area contributed by atoms with Crippen LogP contribution in [-0.2, 0) is 0 Å². The van der Waals surface area contributed by atoms with Crippen molar-refractivity contribution in [2.24, 2.45) is 0 Å². The molecule has 3 rings (SSSR count). The van der Waals surface area contributed by atoms with Crippen LogP contribution in [0.4, 0.5) is 17.3 Å². The lowest BCUT2D eigenvalue weighted by atomic mass is 10.1. The third-order valence-electron chi connectivity index (χ3n) is 4.31. The second kappa shape index (κ2) is 7.34. The summed E-state index contributed by atoms with van der Waals surface area (Å²) < 4.78 is 0. The molecule has 0 atom stereocenters. The number of aromatic nitrogens is 2. The first-order chi connectivity index (χ1) is 12.5. The Morgan fingerprint density at radius 3 is 2.19 bits per heavy atom. The molecule has 9 nitrogen and oxygen atoms in total. The quantitative estimate of drug-likeness (QED) is 0.604. The molecule has 2 aromatic rings. The number of nitro benzene ring substituents is 1. The highest BCUT2D eigenvalue weighted by Crippen LogP contribution is 2.18. The molecule has 1 aromatic carbocycles. The average Bonchev–Trinajstić information content (AvgIpc) is 2.67. The number of rotatable bonds is 4. The van der Waals surface area contributed by atoms with E-state index in [1.807, 2.05) is 31.1 Å². The number of carbonyl (C=O) groups excluding carboxylic acids is 1. The van der Waals surface area contributed by atoms with E-state index in [1.54, 1.807) is 4.90 Å². The largest absolute Gasteiger partial charge is 0.361 e. The fraction of sp³-hybridized carbons (Fsp3) is 0.353. The molecule has 1 aliphatic heterocycles. The van der Waals surface area contributed by atoms with Gasteiger partial charge in [-0.25, -0.2) is 0 Å². The summed E-state index contributed by atoms with van der Waals surface area (Å²) in [7, 11) is 3.82. The molecule has 1 aliphatic rings. The minimum Gasteiger partial charge on any atom is -0.361 e. The third kappa shape index (κ3) is 3.71. The maximum Gasteiger partial charge on any atom is 0.269 e. The van der Waals surface area contributed by atoms with Gasteiger partial charge >= 0.3 is 0 Å². The van der Waals surface area contributed by atoms with E-state index in [0.29, 0.717) is 31.7 Å². The molecule has 136 valence electrons. The van der Waals surface area contributed by atoms with Crippen molar-refractivity contribution in [3.63, 3.8) is 0 Å². The molecule has 1 aromatic heterocycles. The van der Waals surface area contributed by atoms with Crippen LogP contribution in [0.2, 0.25) is 0 Å². The average molecular weight is 356 g/mol. The highest BCUT2D eigenvalue weighted by Gasteiger charge is 2.23. The normalized spacial score (nSPS) is 14.2. The van der Waals surface area contributed by atoms with Gasteiger partial charge in [0.05, 0.1) is 4.92 Å². The highest BCUT2D eigenvalue weighted by molar-refractivity contribution is 5.94. The first kappa shape index (κ1) is 17.6. The topological polar surface area (TPSA) is 95.7 Å². The predicted molar refractivity (Wildman–Crippen MR) is 97.6 cm³/mol. The fourth-order valence-corrected chi connectivity index (χ4v) is 2.77. The first-order valence-corrected chi connectivity index (χ1v) is 8.25. The lowest BCUT2D eigenvalue weighted by Gasteiger charge is -2.35.